The van der Waals surface area contributed by atoms with Crippen molar-refractivity contribution in [2.24, 2.45) is 11.7 Å². The number of rotatable bonds is 16. The Morgan fingerprint density at radius 2 is 1.68 bits per heavy atom. The Morgan fingerprint density at radius 1 is 1.03 bits per heavy atom. The minimum Gasteiger partial charge on any atom is -0.481 e. The lowest BCUT2D eigenvalue weighted by Gasteiger charge is -2.23. The largest absolute Gasteiger partial charge is 0.481 e. The molecule has 0 radical (unpaired) electrons. The number of amides is 4. The van der Waals surface area contributed by atoms with Gasteiger partial charge >= 0.3 is 11.9 Å². The molecule has 0 bridgehead atoms. The topological polar surface area (TPSA) is 266 Å². The lowest BCUT2D eigenvalue weighted by molar-refractivity contribution is -0.143. The van der Waals surface area contributed by atoms with E-state index < -0.39 is 85.2 Å². The summed E-state index contributed by atoms with van der Waals surface area (Å²) in [4.78, 5) is 78.5. The summed E-state index contributed by atoms with van der Waals surface area (Å²) >= 11 is 0. The zero-order valence-corrected chi connectivity index (χ0v) is 20.4. The van der Waals surface area contributed by atoms with Crippen molar-refractivity contribution in [2.75, 3.05) is 13.2 Å². The molecule has 1 aromatic rings. The molecule has 16 heteroatoms. The summed E-state index contributed by atoms with van der Waals surface area (Å²) in [6.07, 6.45) is 2.47. The minimum absolute atomic E-state index is 0.0531. The van der Waals surface area contributed by atoms with Crippen LogP contribution in [0.2, 0.25) is 0 Å². The number of nitrogens with two attached hydrogens (primary N) is 1. The van der Waals surface area contributed by atoms with Crippen molar-refractivity contribution in [2.45, 2.75) is 57.3 Å². The summed E-state index contributed by atoms with van der Waals surface area (Å²) in [7, 11) is 0. The molecule has 0 aliphatic carbocycles. The number of imidazole rings is 1. The van der Waals surface area contributed by atoms with Crippen LogP contribution < -0.4 is 27.0 Å². The SMILES string of the molecule is CC[C@H](C)[C@H](NC(=O)CNC(=O)[C@H](CC(=O)O)NC(=O)[C@H](CO)NC(=O)[C@@H](N)Cc1cnc[nH]1)C(=O)O. The van der Waals surface area contributed by atoms with Crippen LogP contribution >= 0.6 is 0 Å². The van der Waals surface area contributed by atoms with Gasteiger partial charge in [0, 0.05) is 18.3 Å². The fourth-order valence-corrected chi connectivity index (χ4v) is 3.05. The van der Waals surface area contributed by atoms with Gasteiger partial charge in [-0.1, -0.05) is 20.3 Å². The number of aliphatic hydroxyl groups excluding tert-OH is 1. The maximum atomic E-state index is 12.6. The molecule has 1 rings (SSSR count). The smallest absolute Gasteiger partial charge is 0.326 e. The third-order valence-corrected chi connectivity index (χ3v) is 5.38. The third-order valence-electron chi connectivity index (χ3n) is 5.38. The first kappa shape index (κ1) is 31.0. The van der Waals surface area contributed by atoms with Crippen LogP contribution in [0.5, 0.6) is 0 Å². The Bertz CT molecular complexity index is 954. The van der Waals surface area contributed by atoms with Crippen LogP contribution in [0.1, 0.15) is 32.4 Å². The molecular weight excluding hydrogens is 494 g/mol. The molecule has 1 heterocycles. The molecule has 0 unspecified atom stereocenters. The molecule has 0 spiro atoms. The number of hydrogen-bond donors (Lipinski definition) is 9. The first-order valence-corrected chi connectivity index (χ1v) is 11.4. The van der Waals surface area contributed by atoms with E-state index in [0.717, 1.165) is 0 Å². The molecule has 5 atom stereocenters. The number of aromatic amines is 1. The average Bonchev–Trinajstić information content (AvgIpc) is 3.35. The van der Waals surface area contributed by atoms with Crippen molar-refractivity contribution in [3.63, 3.8) is 0 Å². The van der Waals surface area contributed by atoms with Gasteiger partial charge in [0.1, 0.15) is 18.1 Å². The zero-order valence-electron chi connectivity index (χ0n) is 20.4. The van der Waals surface area contributed by atoms with Crippen molar-refractivity contribution in [3.05, 3.63) is 18.2 Å². The van der Waals surface area contributed by atoms with E-state index >= 15 is 0 Å². The van der Waals surface area contributed by atoms with Crippen molar-refractivity contribution in [1.82, 2.24) is 31.2 Å². The van der Waals surface area contributed by atoms with Crippen molar-refractivity contribution < 1.29 is 44.1 Å². The van der Waals surface area contributed by atoms with Gasteiger partial charge in [-0.3, -0.25) is 24.0 Å². The molecule has 0 aromatic carbocycles. The summed E-state index contributed by atoms with van der Waals surface area (Å²) < 4.78 is 0. The number of aliphatic hydroxyl groups is 1. The van der Waals surface area contributed by atoms with Crippen LogP contribution in [0.25, 0.3) is 0 Å². The first-order valence-electron chi connectivity index (χ1n) is 11.4. The number of nitrogens with zero attached hydrogens (tertiary/aromatic N) is 1. The Morgan fingerprint density at radius 3 is 2.19 bits per heavy atom. The molecule has 0 saturated carbocycles. The van der Waals surface area contributed by atoms with Crippen LogP contribution in [0, 0.1) is 5.92 Å². The Balaban J connectivity index is 2.74. The highest BCUT2D eigenvalue weighted by molar-refractivity contribution is 5.96. The number of carboxylic acids is 2. The molecule has 37 heavy (non-hydrogen) atoms. The number of carbonyl (C=O) groups excluding carboxylic acids is 4. The fourth-order valence-electron chi connectivity index (χ4n) is 3.05. The molecule has 0 aliphatic rings. The van der Waals surface area contributed by atoms with Crippen molar-refractivity contribution in [3.8, 4) is 0 Å². The number of carbonyl (C=O) groups is 6. The van der Waals surface area contributed by atoms with Gasteiger partial charge < -0.3 is 47.3 Å². The number of aliphatic carboxylic acids is 2. The van der Waals surface area contributed by atoms with Gasteiger partial charge in [-0.15, -0.1) is 0 Å². The van der Waals surface area contributed by atoms with Gasteiger partial charge in [-0.2, -0.15) is 0 Å². The van der Waals surface area contributed by atoms with Gasteiger partial charge in [-0.25, -0.2) is 9.78 Å². The van der Waals surface area contributed by atoms with E-state index in [1.165, 1.54) is 12.5 Å². The molecule has 10 N–H and O–H groups in total. The summed E-state index contributed by atoms with van der Waals surface area (Å²) in [6, 6.07) is -5.53. The average molecular weight is 528 g/mol. The standard InChI is InChI=1S/C21H33N7O9/c1-3-10(2)17(21(36)37)28-15(30)7-24-19(34)13(5-16(31)32)26-20(35)14(8-29)27-18(33)12(22)4-11-6-23-9-25-11/h6,9-10,12-14,17,29H,3-5,7-8,22H2,1-2H3,(H,23,25)(H,24,34)(H,26,35)(H,27,33)(H,28,30)(H,31,32)(H,36,37)/t10-,12-,13-,14-,17-/m0/s1. The number of carboxylic acid groups (broad SMARTS) is 2. The van der Waals surface area contributed by atoms with Crippen LogP contribution in [-0.4, -0.2) is 98.2 Å². The van der Waals surface area contributed by atoms with E-state index in [1.807, 2.05) is 0 Å². The second-order valence-corrected chi connectivity index (χ2v) is 8.28. The summed E-state index contributed by atoms with van der Waals surface area (Å²) in [6.45, 7) is 1.79. The zero-order chi connectivity index (χ0) is 28.1. The first-order chi connectivity index (χ1) is 17.4. The summed E-state index contributed by atoms with van der Waals surface area (Å²) in [5.41, 5.74) is 6.34. The Labute approximate surface area is 211 Å². The number of aromatic nitrogens is 2. The lowest BCUT2D eigenvalue weighted by atomic mass is 9.99. The molecule has 0 saturated heterocycles. The lowest BCUT2D eigenvalue weighted by Crippen LogP contribution is -2.58. The highest BCUT2D eigenvalue weighted by Gasteiger charge is 2.30. The van der Waals surface area contributed by atoms with Gasteiger partial charge in [-0.05, 0) is 5.92 Å². The van der Waals surface area contributed by atoms with E-state index in [0.29, 0.717) is 12.1 Å². The predicted octanol–water partition coefficient (Wildman–Crippen LogP) is -3.55. The Hall–Kier alpha value is -4.05. The van der Waals surface area contributed by atoms with Gasteiger partial charge in [0.2, 0.25) is 23.6 Å². The van der Waals surface area contributed by atoms with Gasteiger partial charge in [0.05, 0.1) is 31.9 Å². The van der Waals surface area contributed by atoms with Gasteiger partial charge in [0.15, 0.2) is 0 Å². The molecule has 0 aliphatic heterocycles. The van der Waals surface area contributed by atoms with Crippen LogP contribution in [0.3, 0.4) is 0 Å². The van der Waals surface area contributed by atoms with Crippen LogP contribution in [-0.2, 0) is 35.2 Å². The predicted molar refractivity (Wildman–Crippen MR) is 125 cm³/mol. The molecule has 16 nitrogen and oxygen atoms in total. The summed E-state index contributed by atoms with van der Waals surface area (Å²) in [5.74, 6) is -6.87. The van der Waals surface area contributed by atoms with Crippen LogP contribution in [0.4, 0.5) is 0 Å². The second kappa shape index (κ2) is 15.1. The quantitative estimate of drug-likeness (QED) is 0.101. The van der Waals surface area contributed by atoms with E-state index in [-0.39, 0.29) is 6.42 Å². The molecule has 0 fully saturated rings. The normalized spacial score (nSPS) is 14.8. The molecule has 206 valence electrons. The monoisotopic (exact) mass is 527 g/mol. The number of nitrogens with one attached hydrogen (secondary N) is 5. The van der Waals surface area contributed by atoms with Crippen molar-refractivity contribution >= 4 is 35.6 Å². The molecular formula is C21H33N7O9. The van der Waals surface area contributed by atoms with Crippen molar-refractivity contribution in [1.29, 1.82) is 0 Å². The van der Waals surface area contributed by atoms with Gasteiger partial charge in [0.25, 0.3) is 0 Å². The third kappa shape index (κ3) is 10.6. The van der Waals surface area contributed by atoms with E-state index in [9.17, 15) is 39.0 Å². The van der Waals surface area contributed by atoms with E-state index in [4.69, 9.17) is 10.8 Å². The highest BCUT2D eigenvalue weighted by Crippen LogP contribution is 2.07. The highest BCUT2D eigenvalue weighted by atomic mass is 16.4. The Kier molecular flexibility index (Phi) is 12.7. The molecule has 1 aromatic heterocycles. The fraction of sp³-hybridized carbons (Fsp3) is 0.571. The van der Waals surface area contributed by atoms with E-state index in [2.05, 4.69) is 31.2 Å². The second-order valence-electron chi connectivity index (χ2n) is 8.28. The van der Waals surface area contributed by atoms with E-state index in [1.54, 1.807) is 13.8 Å². The molecule has 4 amide bonds. The minimum atomic E-state index is -1.67. The maximum absolute atomic E-state index is 12.6. The number of hydrogen-bond acceptors (Lipinski definition) is 9. The maximum Gasteiger partial charge on any atom is 0.326 e. The number of H-pyrrole nitrogens is 1. The summed E-state index contributed by atoms with van der Waals surface area (Å²) in [5, 5.41) is 36.6. The van der Waals surface area contributed by atoms with Crippen LogP contribution in [0.15, 0.2) is 12.5 Å².